The van der Waals surface area contributed by atoms with Crippen LogP contribution in [0.15, 0.2) is 23.1 Å². The molecule has 0 N–H and O–H groups in total. The summed E-state index contributed by atoms with van der Waals surface area (Å²) in [6.45, 7) is 2.26. The van der Waals surface area contributed by atoms with Crippen molar-refractivity contribution < 1.29 is 48.4 Å². The van der Waals surface area contributed by atoms with Gasteiger partial charge in [0.05, 0.1) is 29.2 Å². The fourth-order valence-corrected chi connectivity index (χ4v) is 6.23. The Kier molecular flexibility index (Phi) is 6.95. The van der Waals surface area contributed by atoms with Gasteiger partial charge in [0.15, 0.2) is 15.3 Å². The van der Waals surface area contributed by atoms with Gasteiger partial charge in [0.25, 0.3) is 0 Å². The summed E-state index contributed by atoms with van der Waals surface area (Å²) in [6, 6.07) is -0.108. The first-order valence-corrected chi connectivity index (χ1v) is 10.4. The molecule has 0 saturated carbocycles. The normalized spacial score (nSPS) is 13.8. The summed E-state index contributed by atoms with van der Waals surface area (Å²) in [5.74, 6) is 0. The Hall–Kier alpha value is -1.10. The Morgan fingerprint density at radius 3 is 1.58 bits per heavy atom. The van der Waals surface area contributed by atoms with Crippen molar-refractivity contribution >= 4 is 17.4 Å². The Morgan fingerprint density at radius 1 is 0.885 bits per heavy atom. The number of rotatable bonds is 7. The number of hydrogen-bond acceptors (Lipinski definition) is 5. The van der Waals surface area contributed by atoms with E-state index in [1.165, 1.54) is 13.8 Å². The summed E-state index contributed by atoms with van der Waals surface area (Å²) >= 11 is 0. The fraction of sp³-hybridized carbons (Fsp3) is 0.538. The predicted octanol–water partition coefficient (Wildman–Crippen LogP) is 4.72. The van der Waals surface area contributed by atoms with Gasteiger partial charge < -0.3 is 9.05 Å². The lowest BCUT2D eigenvalue weighted by atomic mass is 10.1. The van der Waals surface area contributed by atoms with Crippen LogP contribution in [0.25, 0.3) is 0 Å². The third-order valence-electron chi connectivity index (χ3n) is 2.90. The second-order valence-electron chi connectivity index (χ2n) is 4.93. The van der Waals surface area contributed by atoms with E-state index in [9.17, 15) is 39.3 Å². The molecule has 1 aromatic rings. The second-order valence-corrected chi connectivity index (χ2v) is 9.40. The van der Waals surface area contributed by atoms with Gasteiger partial charge in [0, 0.05) is 0 Å². The fourth-order valence-electron chi connectivity index (χ4n) is 1.89. The molecular weight excluding hydrogens is 413 g/mol. The average molecular weight is 428 g/mol. The first kappa shape index (κ1) is 22.9. The average Bonchev–Trinajstić information content (AvgIpc) is 2.44. The lowest BCUT2D eigenvalue weighted by Crippen LogP contribution is -2.16. The van der Waals surface area contributed by atoms with E-state index >= 15 is 0 Å². The van der Waals surface area contributed by atoms with E-state index in [0.29, 0.717) is 0 Å². The van der Waals surface area contributed by atoms with Crippen molar-refractivity contribution in [3.8, 4) is 0 Å². The highest BCUT2D eigenvalue weighted by atomic mass is 32.2. The topological polar surface area (TPSA) is 69.7 Å². The first-order valence-electron chi connectivity index (χ1n) is 7.05. The molecule has 150 valence electrons. The molecule has 0 saturated heterocycles. The largest absolute Gasteiger partial charge is 0.416 e. The van der Waals surface area contributed by atoms with Crippen molar-refractivity contribution in [2.45, 2.75) is 31.1 Å². The Bertz CT molecular complexity index is 745. The van der Waals surface area contributed by atoms with Crippen LogP contribution in [0.4, 0.5) is 26.3 Å². The molecule has 0 fully saturated rings. The van der Waals surface area contributed by atoms with Crippen LogP contribution in [0.2, 0.25) is 0 Å². The highest BCUT2D eigenvalue weighted by Crippen LogP contribution is 2.50. The minimum absolute atomic E-state index is 0.0484. The van der Waals surface area contributed by atoms with Gasteiger partial charge in [-0.05, 0) is 32.0 Å². The molecular formula is C13H15F6O5PS. The summed E-state index contributed by atoms with van der Waals surface area (Å²) in [5.41, 5.74) is -4.98. The van der Waals surface area contributed by atoms with Gasteiger partial charge in [-0.2, -0.15) is 26.3 Å². The standard InChI is InChI=1S/C13H15F6O5PS/c1-3-23-25(20,24-4-2)8-26(21,22)11-6-9(12(14,15)16)5-10(7-11)13(17,18)19/h5-7H,3-4,8H2,1-2H3. The summed E-state index contributed by atoms with van der Waals surface area (Å²) in [4.78, 5) is -1.28. The summed E-state index contributed by atoms with van der Waals surface area (Å²) in [6.07, 6.45) is -10.4. The number of alkyl halides is 6. The van der Waals surface area contributed by atoms with Gasteiger partial charge in [0.1, 0.15) is 0 Å². The van der Waals surface area contributed by atoms with Gasteiger partial charge in [-0.3, -0.25) is 4.57 Å². The molecule has 13 heteroatoms. The van der Waals surface area contributed by atoms with Gasteiger partial charge in [-0.25, -0.2) is 8.42 Å². The predicted molar refractivity (Wildman–Crippen MR) is 79.4 cm³/mol. The molecule has 0 aliphatic carbocycles. The van der Waals surface area contributed by atoms with Crippen molar-refractivity contribution in [1.29, 1.82) is 0 Å². The van der Waals surface area contributed by atoms with Crippen LogP contribution in [-0.2, 0) is 35.8 Å². The highest BCUT2D eigenvalue weighted by Gasteiger charge is 2.40. The minimum Gasteiger partial charge on any atom is -0.308 e. The Balaban J connectivity index is 3.50. The van der Waals surface area contributed by atoms with Crippen molar-refractivity contribution in [1.82, 2.24) is 0 Å². The first-order chi connectivity index (χ1) is 11.6. The third-order valence-corrected chi connectivity index (χ3v) is 7.78. The Labute approximate surface area is 145 Å². The number of sulfone groups is 1. The van der Waals surface area contributed by atoms with Crippen LogP contribution in [0.5, 0.6) is 0 Å². The molecule has 0 radical (unpaired) electrons. The van der Waals surface area contributed by atoms with Crippen molar-refractivity contribution in [2.24, 2.45) is 0 Å². The van der Waals surface area contributed by atoms with E-state index in [2.05, 4.69) is 0 Å². The maximum Gasteiger partial charge on any atom is 0.416 e. The SMILES string of the molecule is CCOP(=O)(CS(=O)(=O)c1cc(C(F)(F)F)cc(C(F)(F)F)c1)OCC. The summed E-state index contributed by atoms with van der Waals surface area (Å²) in [5, 5.41) is 0. The minimum atomic E-state index is -5.21. The van der Waals surface area contributed by atoms with Crippen LogP contribution < -0.4 is 0 Å². The van der Waals surface area contributed by atoms with Crippen molar-refractivity contribution in [3.05, 3.63) is 29.3 Å². The molecule has 0 aliphatic rings. The molecule has 0 aromatic heterocycles. The molecule has 0 heterocycles. The van der Waals surface area contributed by atoms with Gasteiger partial charge >= 0.3 is 19.9 Å². The Morgan fingerprint density at radius 2 is 1.27 bits per heavy atom. The molecule has 0 atom stereocenters. The number of halogens is 6. The maximum atomic E-state index is 12.8. The lowest BCUT2D eigenvalue weighted by Gasteiger charge is -2.18. The molecule has 0 bridgehead atoms. The van der Waals surface area contributed by atoms with E-state index < -0.39 is 51.3 Å². The molecule has 5 nitrogen and oxygen atoms in total. The molecule has 26 heavy (non-hydrogen) atoms. The van der Waals surface area contributed by atoms with Crippen LogP contribution in [0, 0.1) is 0 Å². The molecule has 1 rings (SSSR count). The quantitative estimate of drug-likeness (QED) is 0.464. The van der Waals surface area contributed by atoms with Crippen LogP contribution >= 0.6 is 7.60 Å². The zero-order valence-electron chi connectivity index (χ0n) is 13.5. The second kappa shape index (κ2) is 7.87. The van der Waals surface area contributed by atoms with Crippen molar-refractivity contribution in [3.63, 3.8) is 0 Å². The maximum absolute atomic E-state index is 12.8. The lowest BCUT2D eigenvalue weighted by molar-refractivity contribution is -0.143. The van der Waals surface area contributed by atoms with Crippen LogP contribution in [0.3, 0.4) is 0 Å². The van der Waals surface area contributed by atoms with Crippen LogP contribution in [-0.4, -0.2) is 27.1 Å². The van der Waals surface area contributed by atoms with E-state index in [0.717, 1.165) is 0 Å². The highest BCUT2D eigenvalue weighted by molar-refractivity contribution is 7.97. The van der Waals surface area contributed by atoms with Gasteiger partial charge in [-0.1, -0.05) is 0 Å². The van der Waals surface area contributed by atoms with Gasteiger partial charge in [-0.15, -0.1) is 0 Å². The molecule has 0 spiro atoms. The zero-order valence-corrected chi connectivity index (χ0v) is 15.2. The van der Waals surface area contributed by atoms with Gasteiger partial charge in [0.2, 0.25) is 0 Å². The molecule has 0 aliphatic heterocycles. The number of hydrogen-bond donors (Lipinski definition) is 0. The summed E-state index contributed by atoms with van der Waals surface area (Å²) in [7, 11) is -9.11. The molecule has 1 aromatic carbocycles. The van der Waals surface area contributed by atoms with Crippen molar-refractivity contribution in [2.75, 3.05) is 18.7 Å². The molecule has 0 unspecified atom stereocenters. The van der Waals surface area contributed by atoms with E-state index in [1.54, 1.807) is 0 Å². The third kappa shape index (κ3) is 5.97. The monoisotopic (exact) mass is 428 g/mol. The van der Waals surface area contributed by atoms with Crippen LogP contribution in [0.1, 0.15) is 25.0 Å². The van der Waals surface area contributed by atoms with E-state index in [-0.39, 0.29) is 31.4 Å². The zero-order chi connectivity index (χ0) is 20.4. The van der Waals surface area contributed by atoms with E-state index in [4.69, 9.17) is 9.05 Å². The smallest absolute Gasteiger partial charge is 0.308 e. The van der Waals surface area contributed by atoms with E-state index in [1.807, 2.05) is 0 Å². The number of benzene rings is 1. The molecule has 0 amide bonds. The summed E-state index contributed by atoms with van der Waals surface area (Å²) < 4.78 is 123.